The average Bonchev–Trinajstić information content (AvgIpc) is 3.43. The molecule has 0 radical (unpaired) electrons. The Kier molecular flexibility index (Phi) is 5.25. The van der Waals surface area contributed by atoms with Crippen molar-refractivity contribution in [2.24, 2.45) is 0 Å². The summed E-state index contributed by atoms with van der Waals surface area (Å²) in [6.45, 7) is 2.49. The first-order chi connectivity index (χ1) is 15.6. The lowest BCUT2D eigenvalue weighted by atomic mass is 10.1. The van der Waals surface area contributed by atoms with E-state index in [9.17, 15) is 9.59 Å². The summed E-state index contributed by atoms with van der Waals surface area (Å²) >= 11 is 1.31. The van der Waals surface area contributed by atoms with E-state index in [1.54, 1.807) is 30.5 Å². The van der Waals surface area contributed by atoms with Crippen LogP contribution in [0.4, 0.5) is 11.4 Å². The maximum absolute atomic E-state index is 13.0. The van der Waals surface area contributed by atoms with Crippen molar-refractivity contribution >= 4 is 34.5 Å². The van der Waals surface area contributed by atoms with E-state index < -0.39 is 0 Å². The number of fused-ring (bicyclic) bond motifs is 1. The van der Waals surface area contributed by atoms with E-state index >= 15 is 0 Å². The van der Waals surface area contributed by atoms with E-state index in [0.29, 0.717) is 33.4 Å². The highest BCUT2D eigenvalue weighted by Gasteiger charge is 2.25. The molecule has 32 heavy (non-hydrogen) atoms. The topological polar surface area (TPSA) is 75.2 Å². The van der Waals surface area contributed by atoms with Crippen molar-refractivity contribution in [1.29, 1.82) is 0 Å². The molecule has 0 saturated heterocycles. The van der Waals surface area contributed by atoms with Gasteiger partial charge in [0.2, 0.25) is 0 Å². The minimum Gasteiger partial charge on any atom is -0.321 e. The predicted octanol–water partition coefficient (Wildman–Crippen LogP) is 4.97. The molecule has 1 aliphatic rings. The van der Waals surface area contributed by atoms with Crippen LogP contribution in [0.1, 0.15) is 31.3 Å². The number of thiazole rings is 1. The molecule has 2 aromatic carbocycles. The van der Waals surface area contributed by atoms with Gasteiger partial charge in [-0.1, -0.05) is 24.3 Å². The van der Waals surface area contributed by atoms with Crippen LogP contribution in [-0.2, 0) is 6.42 Å². The van der Waals surface area contributed by atoms with Crippen molar-refractivity contribution in [2.75, 3.05) is 16.8 Å². The van der Waals surface area contributed by atoms with Gasteiger partial charge < -0.3 is 10.2 Å². The summed E-state index contributed by atoms with van der Waals surface area (Å²) in [5.41, 5.74) is 4.78. The molecule has 0 atom stereocenters. The second kappa shape index (κ2) is 8.36. The summed E-state index contributed by atoms with van der Waals surface area (Å²) in [5, 5.41) is 3.61. The normalized spacial score (nSPS) is 12.5. The molecule has 0 bridgehead atoms. The molecule has 5 rings (SSSR count). The molecule has 0 fully saturated rings. The van der Waals surface area contributed by atoms with Crippen LogP contribution in [0.3, 0.4) is 0 Å². The maximum Gasteiger partial charge on any atom is 0.267 e. The lowest BCUT2D eigenvalue weighted by molar-refractivity contribution is 0.0988. The summed E-state index contributed by atoms with van der Waals surface area (Å²) in [6, 6.07) is 20.6. The Morgan fingerprint density at radius 3 is 2.56 bits per heavy atom. The second-order valence-corrected chi connectivity index (χ2v) is 8.51. The van der Waals surface area contributed by atoms with Crippen molar-refractivity contribution in [2.45, 2.75) is 13.3 Å². The van der Waals surface area contributed by atoms with Crippen LogP contribution in [0, 0.1) is 6.92 Å². The summed E-state index contributed by atoms with van der Waals surface area (Å²) in [6.07, 6.45) is 2.57. The summed E-state index contributed by atoms with van der Waals surface area (Å²) < 4.78 is 0. The highest BCUT2D eigenvalue weighted by molar-refractivity contribution is 7.17. The number of carbonyl (C=O) groups is 2. The van der Waals surface area contributed by atoms with E-state index in [4.69, 9.17) is 0 Å². The fraction of sp³-hybridized carbons (Fsp3) is 0.120. The van der Waals surface area contributed by atoms with Gasteiger partial charge in [-0.2, -0.15) is 0 Å². The minimum absolute atomic E-state index is 0.0360. The van der Waals surface area contributed by atoms with E-state index in [1.807, 2.05) is 48.2 Å². The van der Waals surface area contributed by atoms with Gasteiger partial charge in [-0.05, 0) is 61.4 Å². The summed E-state index contributed by atoms with van der Waals surface area (Å²) in [4.78, 5) is 36.9. The molecule has 7 heteroatoms. The predicted molar refractivity (Wildman–Crippen MR) is 126 cm³/mol. The minimum atomic E-state index is -0.227. The van der Waals surface area contributed by atoms with Crippen molar-refractivity contribution < 1.29 is 9.59 Å². The number of pyridine rings is 1. The monoisotopic (exact) mass is 440 g/mol. The Morgan fingerprint density at radius 1 is 1.00 bits per heavy atom. The molecule has 158 valence electrons. The van der Waals surface area contributed by atoms with Crippen LogP contribution in [0.2, 0.25) is 0 Å². The van der Waals surface area contributed by atoms with Crippen LogP contribution < -0.4 is 10.2 Å². The third kappa shape index (κ3) is 3.78. The number of nitrogens with zero attached hydrogens (tertiary/aromatic N) is 3. The number of benzene rings is 2. The number of carbonyl (C=O) groups excluding carboxylic acids is 2. The first-order valence-corrected chi connectivity index (χ1v) is 11.1. The molecule has 3 heterocycles. The van der Waals surface area contributed by atoms with Gasteiger partial charge in [0.15, 0.2) is 0 Å². The van der Waals surface area contributed by atoms with Gasteiger partial charge >= 0.3 is 0 Å². The fourth-order valence-corrected chi connectivity index (χ4v) is 4.73. The average molecular weight is 441 g/mol. The van der Waals surface area contributed by atoms with Crippen molar-refractivity contribution in [1.82, 2.24) is 9.97 Å². The van der Waals surface area contributed by atoms with Crippen LogP contribution >= 0.6 is 11.3 Å². The zero-order valence-corrected chi connectivity index (χ0v) is 18.2. The lowest BCUT2D eigenvalue weighted by Gasteiger charge is -2.17. The largest absolute Gasteiger partial charge is 0.321 e. The first kappa shape index (κ1) is 20.1. The molecule has 0 unspecified atom stereocenters. The fourth-order valence-electron chi connectivity index (χ4n) is 3.79. The Labute approximate surface area is 189 Å². The molecular formula is C25H20N4O2S. The SMILES string of the molecule is Cc1nc(-c2ccccn2)sc1C(=O)Nc1ccc(C(=O)N2CCc3ccccc32)cc1. The van der Waals surface area contributed by atoms with Gasteiger partial charge in [-0.15, -0.1) is 11.3 Å². The Bertz CT molecular complexity index is 1300. The Morgan fingerprint density at radius 2 is 1.78 bits per heavy atom. The number of hydrogen-bond acceptors (Lipinski definition) is 5. The molecule has 1 N–H and O–H groups in total. The first-order valence-electron chi connectivity index (χ1n) is 10.3. The summed E-state index contributed by atoms with van der Waals surface area (Å²) in [5.74, 6) is -0.263. The van der Waals surface area contributed by atoms with Crippen LogP contribution in [0.15, 0.2) is 72.9 Å². The quantitative estimate of drug-likeness (QED) is 0.486. The van der Waals surface area contributed by atoms with Crippen molar-refractivity contribution in [3.8, 4) is 10.7 Å². The van der Waals surface area contributed by atoms with Crippen LogP contribution in [-0.4, -0.2) is 28.3 Å². The van der Waals surface area contributed by atoms with Crippen LogP contribution in [0.25, 0.3) is 10.7 Å². The maximum atomic E-state index is 13.0. The van der Waals surface area contributed by atoms with Crippen molar-refractivity contribution in [3.05, 3.63) is 94.6 Å². The molecule has 0 spiro atoms. The standard InChI is InChI=1S/C25H20N4O2S/c1-16-22(32-24(27-16)20-7-4-5-14-26-20)23(30)28-19-11-9-18(10-12-19)25(31)29-15-13-17-6-2-3-8-21(17)29/h2-12,14H,13,15H2,1H3,(H,28,30). The molecule has 1 aliphatic heterocycles. The molecule has 6 nitrogen and oxygen atoms in total. The zero-order chi connectivity index (χ0) is 22.1. The van der Waals surface area contributed by atoms with Gasteiger partial charge in [-0.3, -0.25) is 14.6 Å². The van der Waals surface area contributed by atoms with Gasteiger partial charge in [0.25, 0.3) is 11.8 Å². The second-order valence-electron chi connectivity index (χ2n) is 7.52. The van der Waals surface area contributed by atoms with Crippen LogP contribution in [0.5, 0.6) is 0 Å². The molecular weight excluding hydrogens is 420 g/mol. The highest BCUT2D eigenvalue weighted by atomic mass is 32.1. The third-order valence-electron chi connectivity index (χ3n) is 5.41. The Balaban J connectivity index is 1.30. The van der Waals surface area contributed by atoms with Gasteiger partial charge in [-0.25, -0.2) is 4.98 Å². The number of rotatable bonds is 4. The summed E-state index contributed by atoms with van der Waals surface area (Å²) in [7, 11) is 0. The number of aryl methyl sites for hydroxylation is 1. The molecule has 2 aromatic heterocycles. The number of hydrogen-bond donors (Lipinski definition) is 1. The van der Waals surface area contributed by atoms with E-state index in [2.05, 4.69) is 21.4 Å². The van der Waals surface area contributed by atoms with Gasteiger partial charge in [0, 0.05) is 29.7 Å². The number of aromatic nitrogens is 2. The number of para-hydroxylation sites is 1. The Hall–Kier alpha value is -3.84. The molecule has 0 aliphatic carbocycles. The molecule has 2 amide bonds. The van der Waals surface area contributed by atoms with E-state index in [-0.39, 0.29) is 11.8 Å². The van der Waals surface area contributed by atoms with E-state index in [1.165, 1.54) is 16.9 Å². The smallest absolute Gasteiger partial charge is 0.267 e. The number of nitrogens with one attached hydrogen (secondary N) is 1. The highest BCUT2D eigenvalue weighted by Crippen LogP contribution is 2.30. The third-order valence-corrected chi connectivity index (χ3v) is 6.59. The van der Waals surface area contributed by atoms with Gasteiger partial charge in [0.05, 0.1) is 11.4 Å². The molecule has 0 saturated carbocycles. The van der Waals surface area contributed by atoms with Gasteiger partial charge in [0.1, 0.15) is 9.88 Å². The van der Waals surface area contributed by atoms with E-state index in [0.717, 1.165) is 17.8 Å². The lowest BCUT2D eigenvalue weighted by Crippen LogP contribution is -2.28. The van der Waals surface area contributed by atoms with Crippen molar-refractivity contribution in [3.63, 3.8) is 0 Å². The zero-order valence-electron chi connectivity index (χ0n) is 17.4. The number of amides is 2. The number of anilines is 2. The molecule has 4 aromatic rings.